The van der Waals surface area contributed by atoms with Crippen LogP contribution in [0.3, 0.4) is 0 Å². The van der Waals surface area contributed by atoms with Crippen molar-refractivity contribution >= 4 is 28.5 Å². The summed E-state index contributed by atoms with van der Waals surface area (Å²) in [5.74, 6) is -0.558. The molecular weight excluding hydrogens is 422 g/mol. The summed E-state index contributed by atoms with van der Waals surface area (Å²) in [6.45, 7) is 3.85. The topological polar surface area (TPSA) is 119 Å². The van der Waals surface area contributed by atoms with Crippen LogP contribution in [0.2, 0.25) is 0 Å². The third kappa shape index (κ3) is 4.52. The third-order valence-corrected chi connectivity index (χ3v) is 5.52. The van der Waals surface area contributed by atoms with Gasteiger partial charge in [-0.05, 0) is 68.3 Å². The van der Waals surface area contributed by atoms with Gasteiger partial charge in [-0.1, -0.05) is 0 Å². The molecule has 0 spiro atoms. The lowest BCUT2D eigenvalue weighted by molar-refractivity contribution is -0.140. The van der Waals surface area contributed by atoms with Gasteiger partial charge in [-0.2, -0.15) is 5.10 Å². The van der Waals surface area contributed by atoms with Crippen LogP contribution >= 0.6 is 0 Å². The van der Waals surface area contributed by atoms with E-state index >= 15 is 0 Å². The number of aromatic nitrogens is 4. The van der Waals surface area contributed by atoms with Gasteiger partial charge in [-0.15, -0.1) is 0 Å². The van der Waals surface area contributed by atoms with Gasteiger partial charge < -0.3 is 15.0 Å². The molecule has 0 fully saturated rings. The Morgan fingerprint density at radius 3 is 2.61 bits per heavy atom. The highest BCUT2D eigenvalue weighted by atomic mass is 16.5. The minimum absolute atomic E-state index is 0.260. The lowest BCUT2D eigenvalue weighted by Crippen LogP contribution is -2.13. The molecule has 0 atom stereocenters. The summed E-state index contributed by atoms with van der Waals surface area (Å²) in [4.78, 5) is 42.8. The summed E-state index contributed by atoms with van der Waals surface area (Å²) in [6.07, 6.45) is 2.18. The number of carbonyl (C=O) groups is 2. The van der Waals surface area contributed by atoms with Gasteiger partial charge in [0, 0.05) is 23.4 Å². The van der Waals surface area contributed by atoms with Crippen LogP contribution in [0.15, 0.2) is 53.6 Å². The predicted molar refractivity (Wildman–Crippen MR) is 124 cm³/mol. The molecule has 0 bridgehead atoms. The van der Waals surface area contributed by atoms with E-state index in [0.29, 0.717) is 35.0 Å². The minimum atomic E-state index is -0.298. The van der Waals surface area contributed by atoms with E-state index in [4.69, 9.17) is 4.74 Å². The molecule has 1 amide bonds. The highest BCUT2D eigenvalue weighted by Gasteiger charge is 2.15. The number of fused-ring (bicyclic) bond motifs is 1. The number of aromatic amines is 1. The lowest BCUT2D eigenvalue weighted by atomic mass is 10.1. The largest absolute Gasteiger partial charge is 0.469 e. The molecule has 33 heavy (non-hydrogen) atoms. The number of amides is 1. The van der Waals surface area contributed by atoms with Crippen LogP contribution < -0.4 is 10.9 Å². The molecule has 2 aromatic heterocycles. The fourth-order valence-electron chi connectivity index (χ4n) is 3.72. The molecule has 0 radical (unpaired) electrons. The molecule has 0 aliphatic heterocycles. The van der Waals surface area contributed by atoms with Gasteiger partial charge in [0.2, 0.25) is 0 Å². The number of hydrogen-bond donors (Lipinski definition) is 2. The normalized spacial score (nSPS) is 10.9. The molecular formula is C24H23N5O4. The van der Waals surface area contributed by atoms with Crippen molar-refractivity contribution in [3.63, 3.8) is 0 Å². The molecule has 4 aromatic rings. The zero-order chi connectivity index (χ0) is 23.5. The van der Waals surface area contributed by atoms with Gasteiger partial charge in [0.25, 0.3) is 11.5 Å². The Balaban J connectivity index is 1.52. The van der Waals surface area contributed by atoms with Gasteiger partial charge in [0.1, 0.15) is 0 Å². The van der Waals surface area contributed by atoms with Crippen LogP contribution in [0, 0.1) is 13.8 Å². The van der Waals surface area contributed by atoms with Crippen molar-refractivity contribution in [3.05, 3.63) is 81.7 Å². The average Bonchev–Trinajstić information content (AvgIpc) is 3.11. The summed E-state index contributed by atoms with van der Waals surface area (Å²) in [5, 5.41) is 7.80. The number of anilines is 1. The Labute approximate surface area is 189 Å². The Kier molecular flexibility index (Phi) is 6.03. The third-order valence-electron chi connectivity index (χ3n) is 5.52. The van der Waals surface area contributed by atoms with E-state index in [1.165, 1.54) is 13.4 Å². The predicted octanol–water partition coefficient (Wildman–Crippen LogP) is 3.08. The number of aryl methyl sites for hydroxylation is 1. The first-order valence-electron chi connectivity index (χ1n) is 10.4. The number of carbonyl (C=O) groups excluding carboxylic acids is 2. The lowest BCUT2D eigenvalue weighted by Gasteiger charge is -2.09. The molecule has 0 saturated heterocycles. The summed E-state index contributed by atoms with van der Waals surface area (Å²) in [6, 6.07) is 12.0. The zero-order valence-corrected chi connectivity index (χ0v) is 18.5. The van der Waals surface area contributed by atoms with Crippen LogP contribution in [-0.2, 0) is 16.0 Å². The van der Waals surface area contributed by atoms with Crippen molar-refractivity contribution in [2.24, 2.45) is 0 Å². The zero-order valence-electron chi connectivity index (χ0n) is 18.5. The second kappa shape index (κ2) is 9.07. The van der Waals surface area contributed by atoms with Gasteiger partial charge in [-0.3, -0.25) is 14.4 Å². The number of hydrogen-bond acceptors (Lipinski definition) is 6. The first-order valence-corrected chi connectivity index (χ1v) is 10.4. The molecule has 2 N–H and O–H groups in total. The van der Waals surface area contributed by atoms with Crippen molar-refractivity contribution in [1.29, 1.82) is 0 Å². The van der Waals surface area contributed by atoms with E-state index in [0.717, 1.165) is 22.6 Å². The van der Waals surface area contributed by atoms with Crippen molar-refractivity contribution < 1.29 is 14.3 Å². The van der Waals surface area contributed by atoms with Crippen molar-refractivity contribution in [3.8, 4) is 5.69 Å². The molecule has 0 aliphatic carbocycles. The fourth-order valence-corrected chi connectivity index (χ4v) is 3.72. The number of methoxy groups -OCH3 is 1. The molecule has 0 unspecified atom stereocenters. The Hall–Kier alpha value is -4.27. The van der Waals surface area contributed by atoms with Crippen LogP contribution in [0.4, 0.5) is 5.69 Å². The highest BCUT2D eigenvalue weighted by molar-refractivity contribution is 6.05. The van der Waals surface area contributed by atoms with Gasteiger partial charge in [0.15, 0.2) is 0 Å². The smallest absolute Gasteiger partial charge is 0.305 e. The van der Waals surface area contributed by atoms with E-state index in [2.05, 4.69) is 20.4 Å². The Bertz CT molecular complexity index is 1400. The monoisotopic (exact) mass is 445 g/mol. The Morgan fingerprint density at radius 1 is 1.12 bits per heavy atom. The van der Waals surface area contributed by atoms with Crippen LogP contribution in [-0.4, -0.2) is 38.7 Å². The van der Waals surface area contributed by atoms with E-state index in [1.807, 2.05) is 26.0 Å². The maximum Gasteiger partial charge on any atom is 0.305 e. The number of nitrogens with one attached hydrogen (secondary N) is 2. The molecule has 9 nitrogen and oxygen atoms in total. The van der Waals surface area contributed by atoms with Crippen LogP contribution in [0.1, 0.15) is 33.7 Å². The molecule has 2 heterocycles. The molecule has 0 aliphatic rings. The summed E-state index contributed by atoms with van der Waals surface area (Å²) >= 11 is 0. The highest BCUT2D eigenvalue weighted by Crippen LogP contribution is 2.21. The summed E-state index contributed by atoms with van der Waals surface area (Å²) < 4.78 is 6.52. The first kappa shape index (κ1) is 21.9. The summed E-state index contributed by atoms with van der Waals surface area (Å²) in [5.41, 5.74) is 4.84. The Morgan fingerprint density at radius 2 is 1.88 bits per heavy atom. The number of ether oxygens (including phenoxy) is 1. The second-order valence-corrected chi connectivity index (χ2v) is 7.60. The summed E-state index contributed by atoms with van der Waals surface area (Å²) in [7, 11) is 1.38. The van der Waals surface area contributed by atoms with Gasteiger partial charge in [-0.25, -0.2) is 9.67 Å². The molecule has 168 valence electrons. The molecule has 2 aromatic carbocycles. The van der Waals surface area contributed by atoms with Gasteiger partial charge in [0.05, 0.1) is 35.7 Å². The fraction of sp³-hybridized carbons (Fsp3) is 0.208. The second-order valence-electron chi connectivity index (χ2n) is 7.60. The molecule has 9 heteroatoms. The minimum Gasteiger partial charge on any atom is -0.469 e. The van der Waals surface area contributed by atoms with E-state index < -0.39 is 0 Å². The van der Waals surface area contributed by atoms with E-state index in [9.17, 15) is 14.4 Å². The average molecular weight is 445 g/mol. The van der Waals surface area contributed by atoms with E-state index in [1.54, 1.807) is 35.0 Å². The SMILES string of the molecule is COC(=O)CCc1c(C)nn(-c2ccc(C(=O)Nc3ccc4nc[nH]c(=O)c4c3)cc2)c1C. The van der Waals surface area contributed by atoms with Crippen LogP contribution in [0.25, 0.3) is 16.6 Å². The number of H-pyrrole nitrogens is 1. The maximum atomic E-state index is 12.7. The maximum absolute atomic E-state index is 12.7. The van der Waals surface area contributed by atoms with Crippen LogP contribution in [0.5, 0.6) is 0 Å². The number of esters is 1. The quantitative estimate of drug-likeness (QED) is 0.440. The van der Waals surface area contributed by atoms with Crippen molar-refractivity contribution in [2.75, 3.05) is 12.4 Å². The number of benzene rings is 2. The standard InChI is InChI=1S/C24H23N5O4/c1-14-19(9-11-22(30)33-3)15(2)29(28-14)18-7-4-16(5-8-18)23(31)27-17-6-10-21-20(12-17)24(32)26-13-25-21/h4-8,10,12-13H,9,11H2,1-3H3,(H,27,31)(H,25,26,32). The molecule has 0 saturated carbocycles. The number of rotatable bonds is 6. The number of nitrogens with zero attached hydrogens (tertiary/aromatic N) is 3. The van der Waals surface area contributed by atoms with Gasteiger partial charge >= 0.3 is 5.97 Å². The first-order chi connectivity index (χ1) is 15.9. The van der Waals surface area contributed by atoms with Crippen molar-refractivity contribution in [1.82, 2.24) is 19.7 Å². The molecule has 4 rings (SSSR count). The van der Waals surface area contributed by atoms with E-state index in [-0.39, 0.29) is 17.4 Å². The van der Waals surface area contributed by atoms with Crippen molar-refractivity contribution in [2.45, 2.75) is 26.7 Å².